The van der Waals surface area contributed by atoms with Gasteiger partial charge in [0.05, 0.1) is 12.0 Å². The minimum absolute atomic E-state index is 0.0714. The van der Waals surface area contributed by atoms with Crippen LogP contribution in [0.1, 0.15) is 97.8 Å². The first kappa shape index (κ1) is 25.5. The van der Waals surface area contributed by atoms with E-state index >= 15 is 0 Å². The number of carbonyl (C=O) groups excluding carboxylic acids is 1. The molecule has 5 aliphatic carbocycles. The Morgan fingerprint density at radius 3 is 2.31 bits per heavy atom. The molecule has 35 heavy (non-hydrogen) atoms. The van der Waals surface area contributed by atoms with Crippen LogP contribution >= 0.6 is 0 Å². The van der Waals surface area contributed by atoms with Gasteiger partial charge in [-0.05, 0) is 92.3 Å². The molecule has 5 fully saturated rings. The molecule has 6 nitrogen and oxygen atoms in total. The average molecular weight is 490 g/mol. The zero-order valence-electron chi connectivity index (χ0n) is 22.3. The molecule has 0 aromatic carbocycles. The minimum Gasteiger partial charge on any atom is -0.481 e. The Labute approximate surface area is 211 Å². The van der Waals surface area contributed by atoms with Crippen LogP contribution in [0.3, 0.4) is 0 Å². The first-order valence-corrected chi connectivity index (χ1v) is 14.4. The molecule has 0 aromatic rings. The number of hydrogen-bond acceptors (Lipinski definition) is 5. The molecular formula is C29H47NO5. The Morgan fingerprint density at radius 2 is 1.66 bits per heavy atom. The highest BCUT2D eigenvalue weighted by molar-refractivity contribution is 5.71. The lowest BCUT2D eigenvalue weighted by atomic mass is 9.43. The third kappa shape index (κ3) is 4.35. The summed E-state index contributed by atoms with van der Waals surface area (Å²) in [5.41, 5.74) is -0.0205. The molecule has 0 unspecified atom stereocenters. The first-order valence-electron chi connectivity index (χ1n) is 14.4. The van der Waals surface area contributed by atoms with Crippen LogP contribution in [0.5, 0.6) is 0 Å². The number of carboxylic acid groups (broad SMARTS) is 1. The monoisotopic (exact) mass is 489 g/mol. The molecule has 0 aliphatic heterocycles. The maximum Gasteiger partial charge on any atom is 0.307 e. The van der Waals surface area contributed by atoms with Crippen molar-refractivity contribution in [2.24, 2.45) is 40.4 Å². The van der Waals surface area contributed by atoms with E-state index in [1.165, 1.54) is 45.4 Å². The summed E-state index contributed by atoms with van der Waals surface area (Å²) in [7, 11) is 1.76. The predicted molar refractivity (Wildman–Crippen MR) is 134 cm³/mol. The predicted octanol–water partition coefficient (Wildman–Crippen LogP) is 5.19. The molecule has 0 aromatic heterocycles. The molecule has 0 heterocycles. The van der Waals surface area contributed by atoms with E-state index in [-0.39, 0.29) is 34.9 Å². The van der Waals surface area contributed by atoms with Crippen LogP contribution in [-0.2, 0) is 19.1 Å². The van der Waals surface area contributed by atoms with Crippen LogP contribution in [0, 0.1) is 40.4 Å². The van der Waals surface area contributed by atoms with Gasteiger partial charge in [-0.2, -0.15) is 0 Å². The SMILES string of the molecule is CO[C@H]1C[C@@]2(C)[C@H](CC[C@@H]3[C@@H]2[C@H](NC2CCCCC2)C[C@]2(C)[C@@H](C(=O)O)CC[C@@H]32)C[C@@H]1OC(C)=O. The van der Waals surface area contributed by atoms with Crippen LogP contribution in [-0.4, -0.2) is 48.4 Å². The van der Waals surface area contributed by atoms with Crippen LogP contribution in [0.2, 0.25) is 0 Å². The number of carbonyl (C=O) groups is 2. The van der Waals surface area contributed by atoms with E-state index < -0.39 is 5.97 Å². The average Bonchev–Trinajstić information content (AvgIpc) is 3.16. The van der Waals surface area contributed by atoms with Crippen molar-refractivity contribution in [3.05, 3.63) is 0 Å². The maximum atomic E-state index is 12.3. The fraction of sp³-hybridized carbons (Fsp3) is 0.931. The molecule has 0 amide bonds. The number of rotatable bonds is 5. The van der Waals surface area contributed by atoms with Gasteiger partial charge in [0, 0.05) is 26.1 Å². The number of fused-ring (bicyclic) bond motifs is 5. The van der Waals surface area contributed by atoms with Gasteiger partial charge >= 0.3 is 11.9 Å². The van der Waals surface area contributed by atoms with E-state index in [1.54, 1.807) is 7.11 Å². The van der Waals surface area contributed by atoms with Gasteiger partial charge in [0.25, 0.3) is 0 Å². The third-order valence-electron chi connectivity index (χ3n) is 11.6. The maximum absolute atomic E-state index is 12.3. The highest BCUT2D eigenvalue weighted by Gasteiger charge is 2.65. The van der Waals surface area contributed by atoms with Gasteiger partial charge in [-0.15, -0.1) is 0 Å². The Bertz CT molecular complexity index is 811. The molecule has 5 aliphatic rings. The van der Waals surface area contributed by atoms with Crippen molar-refractivity contribution in [2.75, 3.05) is 7.11 Å². The van der Waals surface area contributed by atoms with Gasteiger partial charge in [0.1, 0.15) is 6.10 Å². The number of ether oxygens (including phenoxy) is 2. The van der Waals surface area contributed by atoms with Crippen LogP contribution in [0.15, 0.2) is 0 Å². The van der Waals surface area contributed by atoms with Crippen molar-refractivity contribution >= 4 is 11.9 Å². The molecular weight excluding hydrogens is 442 g/mol. The Hall–Kier alpha value is -1.14. The van der Waals surface area contributed by atoms with Gasteiger partial charge in [-0.25, -0.2) is 0 Å². The van der Waals surface area contributed by atoms with Crippen LogP contribution in [0.4, 0.5) is 0 Å². The van der Waals surface area contributed by atoms with E-state index in [2.05, 4.69) is 19.2 Å². The fourth-order valence-electron chi connectivity index (χ4n) is 10.1. The molecule has 5 rings (SSSR count). The number of hydrogen-bond donors (Lipinski definition) is 2. The summed E-state index contributed by atoms with van der Waals surface area (Å²) in [4.78, 5) is 24.2. The summed E-state index contributed by atoms with van der Waals surface area (Å²) < 4.78 is 11.7. The Balaban J connectivity index is 1.48. The van der Waals surface area contributed by atoms with E-state index in [9.17, 15) is 14.7 Å². The molecule has 6 heteroatoms. The third-order valence-corrected chi connectivity index (χ3v) is 11.6. The summed E-state index contributed by atoms with van der Waals surface area (Å²) in [5.74, 6) is 1.05. The van der Waals surface area contributed by atoms with Gasteiger partial charge in [-0.1, -0.05) is 33.1 Å². The quantitative estimate of drug-likeness (QED) is 0.517. The standard InChI is InChI=1S/C29H47NO5/c1-17(31)35-24-14-18-10-11-20-21-12-13-22(27(32)33)29(21,3)15-23(30-19-8-6-5-7-9-19)26(20)28(18,2)16-25(24)34-4/h18-26,30H,5-16H2,1-4H3,(H,32,33)/t18-,20+,21+,22-,23-,24+,25+,26-,28+,29+/m1/s1. The molecule has 0 bridgehead atoms. The summed E-state index contributed by atoms with van der Waals surface area (Å²) in [5, 5.41) is 14.3. The second-order valence-electron chi connectivity index (χ2n) is 13.2. The normalized spacial score (nSPS) is 47.9. The van der Waals surface area contributed by atoms with Gasteiger partial charge in [-0.3, -0.25) is 9.59 Å². The van der Waals surface area contributed by atoms with Crippen molar-refractivity contribution in [2.45, 2.75) is 122 Å². The zero-order valence-corrected chi connectivity index (χ0v) is 22.3. The molecule has 198 valence electrons. The van der Waals surface area contributed by atoms with Crippen molar-refractivity contribution in [1.29, 1.82) is 0 Å². The highest BCUT2D eigenvalue weighted by atomic mass is 16.6. The number of carboxylic acids is 1. The fourth-order valence-corrected chi connectivity index (χ4v) is 10.1. The van der Waals surface area contributed by atoms with Gasteiger partial charge in [0.15, 0.2) is 0 Å². The van der Waals surface area contributed by atoms with E-state index in [0.29, 0.717) is 35.8 Å². The van der Waals surface area contributed by atoms with Crippen molar-refractivity contribution in [3.8, 4) is 0 Å². The number of aliphatic carboxylic acids is 1. The minimum atomic E-state index is -0.592. The lowest BCUT2D eigenvalue weighted by Crippen LogP contribution is -2.65. The number of nitrogens with one attached hydrogen (secondary N) is 1. The molecule has 10 atom stereocenters. The highest BCUT2D eigenvalue weighted by Crippen LogP contribution is 2.67. The molecule has 0 radical (unpaired) electrons. The summed E-state index contributed by atoms with van der Waals surface area (Å²) in [6.07, 6.45) is 13.1. The largest absolute Gasteiger partial charge is 0.481 e. The number of methoxy groups -OCH3 is 1. The topological polar surface area (TPSA) is 84.9 Å². The smallest absolute Gasteiger partial charge is 0.307 e. The molecule has 0 spiro atoms. The molecule has 2 N–H and O–H groups in total. The molecule has 0 saturated heterocycles. The van der Waals surface area contributed by atoms with Crippen LogP contribution in [0.25, 0.3) is 0 Å². The van der Waals surface area contributed by atoms with Gasteiger partial charge < -0.3 is 19.9 Å². The Kier molecular flexibility index (Phi) is 7.02. The zero-order chi connectivity index (χ0) is 25.0. The second-order valence-corrected chi connectivity index (χ2v) is 13.2. The van der Waals surface area contributed by atoms with E-state index in [1.807, 2.05) is 0 Å². The summed E-state index contributed by atoms with van der Waals surface area (Å²) >= 11 is 0. The lowest BCUT2D eigenvalue weighted by molar-refractivity contribution is -0.192. The van der Waals surface area contributed by atoms with Crippen molar-refractivity contribution in [1.82, 2.24) is 5.32 Å². The van der Waals surface area contributed by atoms with Gasteiger partial charge in [0.2, 0.25) is 0 Å². The van der Waals surface area contributed by atoms with E-state index in [4.69, 9.17) is 9.47 Å². The summed E-state index contributed by atoms with van der Waals surface area (Å²) in [6.45, 7) is 6.30. The van der Waals surface area contributed by atoms with Crippen molar-refractivity contribution < 1.29 is 24.2 Å². The first-order chi connectivity index (χ1) is 16.7. The van der Waals surface area contributed by atoms with Crippen LogP contribution < -0.4 is 5.32 Å². The summed E-state index contributed by atoms with van der Waals surface area (Å²) in [6, 6.07) is 0.902. The Morgan fingerprint density at radius 1 is 0.914 bits per heavy atom. The van der Waals surface area contributed by atoms with Crippen molar-refractivity contribution in [3.63, 3.8) is 0 Å². The van der Waals surface area contributed by atoms with E-state index in [0.717, 1.165) is 38.5 Å². The number of esters is 1. The molecule has 5 saturated carbocycles. The second kappa shape index (κ2) is 9.63. The lowest BCUT2D eigenvalue weighted by Gasteiger charge is -2.64.